The van der Waals surface area contributed by atoms with Gasteiger partial charge in [-0.15, -0.1) is 0 Å². The second kappa shape index (κ2) is 5.37. The molecule has 4 atom stereocenters. The van der Waals surface area contributed by atoms with Crippen molar-refractivity contribution in [1.29, 1.82) is 5.26 Å². The molecule has 1 aliphatic carbocycles. The lowest BCUT2D eigenvalue weighted by Gasteiger charge is -2.40. The fourth-order valence-corrected chi connectivity index (χ4v) is 3.46. The van der Waals surface area contributed by atoms with Crippen molar-refractivity contribution in [2.45, 2.75) is 51.6 Å². The number of hydrogen-bond donors (Lipinski definition) is 1. The third-order valence-electron chi connectivity index (χ3n) is 4.67. The maximum atomic E-state index is 10.5. The molecular weight excluding hydrogens is 214 g/mol. The Balaban J connectivity index is 2.09. The molecule has 1 N–H and O–H groups in total. The minimum atomic E-state index is -0.503. The lowest BCUT2D eigenvalue weighted by Crippen LogP contribution is -2.43. The fourth-order valence-electron chi connectivity index (χ4n) is 3.46. The van der Waals surface area contributed by atoms with Crippen molar-refractivity contribution < 1.29 is 9.84 Å². The Labute approximate surface area is 104 Å². The summed E-state index contributed by atoms with van der Waals surface area (Å²) in [6.07, 6.45) is 5.56. The molecule has 4 unspecified atom stereocenters. The van der Waals surface area contributed by atoms with Gasteiger partial charge in [0.25, 0.3) is 0 Å². The molecule has 0 radical (unpaired) electrons. The fraction of sp³-hybridized carbons (Fsp3) is 0.929. The van der Waals surface area contributed by atoms with Crippen LogP contribution in [-0.4, -0.2) is 24.4 Å². The topological polar surface area (TPSA) is 53.2 Å². The van der Waals surface area contributed by atoms with Gasteiger partial charge in [0.15, 0.2) is 0 Å². The lowest BCUT2D eigenvalue weighted by molar-refractivity contribution is -0.0222. The number of aliphatic hydroxyl groups is 1. The second-order valence-electron chi connectivity index (χ2n) is 5.71. The minimum absolute atomic E-state index is 0.172. The molecule has 1 saturated heterocycles. The molecule has 0 aromatic rings. The summed E-state index contributed by atoms with van der Waals surface area (Å²) in [5.41, 5.74) is -0.503. The van der Waals surface area contributed by atoms with Gasteiger partial charge >= 0.3 is 0 Å². The normalized spacial score (nSPS) is 39.8. The molecule has 0 aromatic heterocycles. The summed E-state index contributed by atoms with van der Waals surface area (Å²) in [6.45, 7) is 3.55. The first-order valence-electron chi connectivity index (χ1n) is 6.89. The van der Waals surface area contributed by atoms with Crippen LogP contribution in [0.1, 0.15) is 45.4 Å². The van der Waals surface area contributed by atoms with Crippen LogP contribution in [0.15, 0.2) is 0 Å². The first-order chi connectivity index (χ1) is 8.22. The van der Waals surface area contributed by atoms with Crippen molar-refractivity contribution in [1.82, 2.24) is 0 Å². The highest BCUT2D eigenvalue weighted by Crippen LogP contribution is 2.45. The molecule has 1 heterocycles. The predicted molar refractivity (Wildman–Crippen MR) is 65.2 cm³/mol. The van der Waals surface area contributed by atoms with E-state index in [1.165, 1.54) is 6.42 Å². The van der Waals surface area contributed by atoms with Gasteiger partial charge in [0.1, 0.15) is 0 Å². The quantitative estimate of drug-likeness (QED) is 0.820. The second-order valence-corrected chi connectivity index (χ2v) is 5.71. The Kier molecular flexibility index (Phi) is 4.06. The van der Waals surface area contributed by atoms with Crippen LogP contribution in [0.2, 0.25) is 0 Å². The number of aliphatic hydroxyl groups excluding tert-OH is 1. The largest absolute Gasteiger partial charge is 0.391 e. The van der Waals surface area contributed by atoms with Crippen molar-refractivity contribution in [2.24, 2.45) is 17.3 Å². The van der Waals surface area contributed by atoms with Crippen LogP contribution in [0.25, 0.3) is 0 Å². The minimum Gasteiger partial charge on any atom is -0.391 e. The molecule has 0 bridgehead atoms. The van der Waals surface area contributed by atoms with Crippen molar-refractivity contribution in [3.05, 3.63) is 0 Å². The summed E-state index contributed by atoms with van der Waals surface area (Å²) in [5.74, 6) is 0.783. The van der Waals surface area contributed by atoms with Crippen LogP contribution in [0.4, 0.5) is 0 Å². The molecule has 3 heteroatoms. The van der Waals surface area contributed by atoms with Crippen LogP contribution in [0.3, 0.4) is 0 Å². The monoisotopic (exact) mass is 237 g/mol. The van der Waals surface area contributed by atoms with Crippen LogP contribution in [0.5, 0.6) is 0 Å². The van der Waals surface area contributed by atoms with Gasteiger partial charge in [-0.1, -0.05) is 26.2 Å². The van der Waals surface area contributed by atoms with E-state index in [2.05, 4.69) is 13.0 Å². The number of nitriles is 1. The zero-order valence-electron chi connectivity index (χ0n) is 10.7. The Morgan fingerprint density at radius 1 is 1.53 bits per heavy atom. The van der Waals surface area contributed by atoms with Gasteiger partial charge in [-0.05, 0) is 25.2 Å². The Morgan fingerprint density at radius 2 is 2.35 bits per heavy atom. The van der Waals surface area contributed by atoms with E-state index in [1.54, 1.807) is 0 Å². The number of rotatable bonds is 3. The van der Waals surface area contributed by atoms with Crippen LogP contribution in [-0.2, 0) is 4.74 Å². The highest BCUT2D eigenvalue weighted by molar-refractivity contribution is 5.08. The van der Waals surface area contributed by atoms with Crippen LogP contribution in [0, 0.1) is 28.6 Å². The van der Waals surface area contributed by atoms with Crippen molar-refractivity contribution >= 4 is 0 Å². The number of ether oxygens (including phenoxy) is 1. The molecule has 96 valence electrons. The highest BCUT2D eigenvalue weighted by Gasteiger charge is 2.46. The van der Waals surface area contributed by atoms with Crippen LogP contribution >= 0.6 is 0 Å². The molecule has 2 aliphatic rings. The van der Waals surface area contributed by atoms with Crippen molar-refractivity contribution in [2.75, 3.05) is 13.2 Å². The maximum absolute atomic E-state index is 10.5. The SMILES string of the molecule is CCC1CCCC(C#N)(C(O)C2CCOC2)C1. The van der Waals surface area contributed by atoms with Gasteiger partial charge in [0.05, 0.1) is 24.2 Å². The third kappa shape index (κ3) is 2.48. The number of hydrogen-bond acceptors (Lipinski definition) is 3. The Morgan fingerprint density at radius 3 is 2.94 bits per heavy atom. The highest BCUT2D eigenvalue weighted by atomic mass is 16.5. The van der Waals surface area contributed by atoms with Gasteiger partial charge in [0.2, 0.25) is 0 Å². The van der Waals surface area contributed by atoms with E-state index in [1.807, 2.05) is 0 Å². The van der Waals surface area contributed by atoms with E-state index < -0.39 is 11.5 Å². The number of nitrogens with zero attached hydrogens (tertiary/aromatic N) is 1. The van der Waals surface area contributed by atoms with E-state index in [0.717, 1.165) is 38.7 Å². The summed E-state index contributed by atoms with van der Waals surface area (Å²) >= 11 is 0. The van der Waals surface area contributed by atoms with Gasteiger partial charge in [-0.2, -0.15) is 5.26 Å². The van der Waals surface area contributed by atoms with Crippen molar-refractivity contribution in [3.63, 3.8) is 0 Å². The lowest BCUT2D eigenvalue weighted by atomic mass is 9.64. The smallest absolute Gasteiger partial charge is 0.0838 e. The Bertz CT molecular complexity index is 293. The molecule has 3 nitrogen and oxygen atoms in total. The van der Waals surface area contributed by atoms with Gasteiger partial charge in [-0.3, -0.25) is 0 Å². The molecular formula is C14H23NO2. The predicted octanol–water partition coefficient (Wildman–Crippen LogP) is 2.49. The van der Waals surface area contributed by atoms with E-state index in [0.29, 0.717) is 12.5 Å². The summed E-state index contributed by atoms with van der Waals surface area (Å²) in [4.78, 5) is 0. The van der Waals surface area contributed by atoms with E-state index >= 15 is 0 Å². The molecule has 1 aliphatic heterocycles. The van der Waals surface area contributed by atoms with Crippen molar-refractivity contribution in [3.8, 4) is 6.07 Å². The summed E-state index contributed by atoms with van der Waals surface area (Å²) in [6, 6.07) is 2.45. The van der Waals surface area contributed by atoms with Gasteiger partial charge in [0, 0.05) is 12.5 Å². The van der Waals surface area contributed by atoms with Gasteiger partial charge in [-0.25, -0.2) is 0 Å². The molecule has 0 aromatic carbocycles. The summed E-state index contributed by atoms with van der Waals surface area (Å²) < 4.78 is 5.34. The third-order valence-corrected chi connectivity index (χ3v) is 4.67. The molecule has 0 spiro atoms. The zero-order valence-corrected chi connectivity index (χ0v) is 10.7. The molecule has 2 rings (SSSR count). The molecule has 0 amide bonds. The molecule has 17 heavy (non-hydrogen) atoms. The van der Waals surface area contributed by atoms with Gasteiger partial charge < -0.3 is 9.84 Å². The van der Waals surface area contributed by atoms with Crippen LogP contribution < -0.4 is 0 Å². The van der Waals surface area contributed by atoms with E-state index in [4.69, 9.17) is 4.74 Å². The molecule has 1 saturated carbocycles. The average Bonchev–Trinajstić information content (AvgIpc) is 2.91. The summed E-state index contributed by atoms with van der Waals surface area (Å²) in [5, 5.41) is 20.1. The first-order valence-corrected chi connectivity index (χ1v) is 6.89. The first kappa shape index (κ1) is 12.9. The molecule has 2 fully saturated rings. The maximum Gasteiger partial charge on any atom is 0.0838 e. The van der Waals surface area contributed by atoms with E-state index in [-0.39, 0.29) is 5.92 Å². The average molecular weight is 237 g/mol. The summed E-state index contributed by atoms with van der Waals surface area (Å²) in [7, 11) is 0. The standard InChI is InChI=1S/C14H23NO2/c1-2-11-4-3-6-14(8-11,10-15)13(16)12-5-7-17-9-12/h11-13,16H,2-9H2,1H3. The zero-order chi connectivity index (χ0) is 12.3. The Hall–Kier alpha value is -0.590. The van der Waals surface area contributed by atoms with E-state index in [9.17, 15) is 10.4 Å².